The van der Waals surface area contributed by atoms with Gasteiger partial charge in [-0.1, -0.05) is 11.8 Å². The average Bonchev–Trinajstić information content (AvgIpc) is 2.44. The normalized spacial score (nSPS) is 14.2. The summed E-state index contributed by atoms with van der Waals surface area (Å²) in [6.07, 6.45) is 0. The van der Waals surface area contributed by atoms with Crippen molar-refractivity contribution in [1.29, 1.82) is 5.41 Å². The lowest BCUT2D eigenvalue weighted by Gasteiger charge is -2.18. The molecule has 0 aliphatic carbocycles. The highest BCUT2D eigenvalue weighted by Gasteiger charge is 2.13. The number of rotatable bonds is 13. The molecule has 0 aromatic heterocycles. The lowest BCUT2D eigenvalue weighted by molar-refractivity contribution is 0.322. The van der Waals surface area contributed by atoms with Gasteiger partial charge in [-0.05, 0) is 0 Å². The third-order valence-electron chi connectivity index (χ3n) is 2.16. The summed E-state index contributed by atoms with van der Waals surface area (Å²) in [7, 11) is 0. The van der Waals surface area contributed by atoms with Gasteiger partial charge in [-0.3, -0.25) is 5.41 Å². The fraction of sp³-hybridized carbons (Fsp3) is 0.909. The van der Waals surface area contributed by atoms with E-state index in [-0.39, 0.29) is 11.8 Å². The van der Waals surface area contributed by atoms with E-state index in [9.17, 15) is 0 Å². The molecule has 0 spiro atoms. The van der Waals surface area contributed by atoms with Gasteiger partial charge in [0.05, 0.1) is 6.61 Å². The maximum Gasteiger partial charge on any atom is 0.151 e. The molecule has 0 aromatic carbocycles. The van der Waals surface area contributed by atoms with Crippen LogP contribution in [0.4, 0.5) is 0 Å². The summed E-state index contributed by atoms with van der Waals surface area (Å²) in [6, 6.07) is 0. The third kappa shape index (κ3) is 13.2. The van der Waals surface area contributed by atoms with Crippen LogP contribution in [-0.4, -0.2) is 67.7 Å². The van der Waals surface area contributed by atoms with E-state index >= 15 is 0 Å². The van der Waals surface area contributed by atoms with Crippen LogP contribution in [0.3, 0.4) is 0 Å². The van der Waals surface area contributed by atoms with Crippen molar-refractivity contribution in [3.63, 3.8) is 0 Å². The summed E-state index contributed by atoms with van der Waals surface area (Å²) < 4.78 is 0. The number of amidine groups is 1. The molecule has 0 radical (unpaired) electrons. The Kier molecular flexibility index (Phi) is 16.6. The molecule has 0 heterocycles. The second kappa shape index (κ2) is 15.4. The van der Waals surface area contributed by atoms with Crippen molar-refractivity contribution < 1.29 is 5.11 Å². The maximum absolute atomic E-state index is 8.78. The minimum atomic E-state index is 0.193. The van der Waals surface area contributed by atoms with Crippen LogP contribution in [-0.2, 0) is 0 Å². The van der Waals surface area contributed by atoms with Crippen LogP contribution >= 0.6 is 72.3 Å². The molecule has 3 nitrogen and oxygen atoms in total. The average molecular weight is 393 g/mol. The van der Waals surface area contributed by atoms with Gasteiger partial charge in [0.15, 0.2) is 5.17 Å². The number of nitrogens with two attached hydrogens (primary N) is 1. The number of hydrogen-bond acceptors (Lipinski definition) is 8. The minimum Gasteiger partial charge on any atom is -0.396 e. The molecule has 0 fully saturated rings. The molecule has 0 saturated carbocycles. The summed E-state index contributed by atoms with van der Waals surface area (Å²) >= 11 is 15.8. The third-order valence-corrected chi connectivity index (χ3v) is 8.69. The van der Waals surface area contributed by atoms with Gasteiger partial charge in [0.1, 0.15) is 0 Å². The Morgan fingerprint density at radius 3 is 2.25 bits per heavy atom. The Morgan fingerprint density at radius 2 is 1.70 bits per heavy atom. The predicted molar refractivity (Wildman–Crippen MR) is 109 cm³/mol. The van der Waals surface area contributed by atoms with E-state index < -0.39 is 0 Å². The first-order valence-electron chi connectivity index (χ1n) is 6.24. The zero-order valence-corrected chi connectivity index (χ0v) is 16.4. The Morgan fingerprint density at radius 1 is 1.05 bits per heavy atom. The van der Waals surface area contributed by atoms with E-state index in [1.165, 1.54) is 11.8 Å². The standard InChI is InChI=1S/C11H24N2OS6/c12-11(13)19-4-3-18-10(6-16)8-20-9(5-15)7-17-2-1-14/h9-10,14-16H,1-8H2,(H3,12,13). The van der Waals surface area contributed by atoms with Gasteiger partial charge in [0.2, 0.25) is 0 Å². The van der Waals surface area contributed by atoms with Crippen molar-refractivity contribution >= 4 is 77.5 Å². The molecular formula is C11H24N2OS6. The molecule has 0 amide bonds. The number of nitrogens with one attached hydrogen (secondary N) is 1. The Labute approximate surface area is 150 Å². The topological polar surface area (TPSA) is 70.1 Å². The number of hydrogen-bond donors (Lipinski definition) is 5. The van der Waals surface area contributed by atoms with Crippen LogP contribution in [0.1, 0.15) is 0 Å². The molecule has 0 aromatic rings. The maximum atomic E-state index is 8.78. The largest absolute Gasteiger partial charge is 0.396 e. The van der Waals surface area contributed by atoms with Gasteiger partial charge in [-0.15, -0.1) is 0 Å². The number of thioether (sulfide) groups is 4. The van der Waals surface area contributed by atoms with E-state index in [4.69, 9.17) is 16.2 Å². The van der Waals surface area contributed by atoms with Gasteiger partial charge in [0.25, 0.3) is 0 Å². The van der Waals surface area contributed by atoms with Gasteiger partial charge >= 0.3 is 0 Å². The van der Waals surface area contributed by atoms with Crippen LogP contribution in [0.25, 0.3) is 0 Å². The molecule has 2 unspecified atom stereocenters. The van der Waals surface area contributed by atoms with Gasteiger partial charge < -0.3 is 10.8 Å². The van der Waals surface area contributed by atoms with E-state index in [2.05, 4.69) is 25.3 Å². The molecule has 0 aliphatic heterocycles. The van der Waals surface area contributed by atoms with Crippen LogP contribution < -0.4 is 5.73 Å². The van der Waals surface area contributed by atoms with Crippen molar-refractivity contribution in [2.24, 2.45) is 5.73 Å². The van der Waals surface area contributed by atoms with E-state index in [0.29, 0.717) is 10.5 Å². The lowest BCUT2D eigenvalue weighted by atomic mass is 10.5. The Hall–Kier alpha value is 1.53. The van der Waals surface area contributed by atoms with Crippen molar-refractivity contribution in [2.45, 2.75) is 10.5 Å². The number of aliphatic hydroxyl groups excluding tert-OH is 1. The highest BCUT2D eigenvalue weighted by Crippen LogP contribution is 2.24. The highest BCUT2D eigenvalue weighted by molar-refractivity contribution is 8.14. The molecule has 0 saturated heterocycles. The van der Waals surface area contributed by atoms with Crippen LogP contribution in [0.2, 0.25) is 0 Å². The Balaban J connectivity index is 3.76. The van der Waals surface area contributed by atoms with Crippen LogP contribution in [0, 0.1) is 5.41 Å². The zero-order valence-electron chi connectivity index (χ0n) is 11.4. The quantitative estimate of drug-likeness (QED) is 0.143. The molecule has 20 heavy (non-hydrogen) atoms. The second-order valence-corrected chi connectivity index (χ2v) is 9.58. The first-order chi connectivity index (χ1) is 9.63. The number of aliphatic hydroxyl groups is 1. The van der Waals surface area contributed by atoms with E-state index in [0.717, 1.165) is 40.3 Å². The smallest absolute Gasteiger partial charge is 0.151 e. The van der Waals surface area contributed by atoms with Crippen molar-refractivity contribution in [1.82, 2.24) is 0 Å². The summed E-state index contributed by atoms with van der Waals surface area (Å²) in [4.78, 5) is 0. The lowest BCUT2D eigenvalue weighted by Crippen LogP contribution is -2.17. The van der Waals surface area contributed by atoms with Gasteiger partial charge in [-0.25, -0.2) is 0 Å². The molecule has 0 aliphatic rings. The fourth-order valence-electron chi connectivity index (χ4n) is 1.20. The minimum absolute atomic E-state index is 0.193. The molecule has 2 atom stereocenters. The molecule has 120 valence electrons. The fourth-order valence-corrected chi connectivity index (χ4v) is 6.49. The van der Waals surface area contributed by atoms with Crippen LogP contribution in [0.15, 0.2) is 0 Å². The first kappa shape index (κ1) is 21.5. The summed E-state index contributed by atoms with van der Waals surface area (Å²) in [5, 5.41) is 17.2. The monoisotopic (exact) mass is 392 g/mol. The molecular weight excluding hydrogens is 369 g/mol. The molecule has 9 heteroatoms. The van der Waals surface area contributed by atoms with E-state index in [1.807, 2.05) is 23.5 Å². The summed E-state index contributed by atoms with van der Waals surface area (Å²) in [6.45, 7) is 0.248. The van der Waals surface area contributed by atoms with E-state index in [1.54, 1.807) is 11.8 Å². The SMILES string of the molecule is N=C(N)SCCSC(CS)CSC(CS)CSCCO. The number of thiol groups is 2. The summed E-state index contributed by atoms with van der Waals surface area (Å²) in [5.41, 5.74) is 5.31. The molecule has 4 N–H and O–H groups in total. The Bertz CT molecular complexity index is 247. The zero-order chi connectivity index (χ0) is 15.2. The second-order valence-electron chi connectivity index (χ2n) is 3.82. The van der Waals surface area contributed by atoms with Crippen LogP contribution in [0.5, 0.6) is 0 Å². The predicted octanol–water partition coefficient (Wildman–Crippen LogP) is 2.40. The molecule has 0 bridgehead atoms. The first-order valence-corrected chi connectivity index (χ1v) is 11.7. The molecule has 0 rings (SSSR count). The summed E-state index contributed by atoms with van der Waals surface area (Å²) in [5.74, 6) is 6.54. The van der Waals surface area contributed by atoms with Gasteiger partial charge in [0, 0.05) is 50.8 Å². The van der Waals surface area contributed by atoms with Gasteiger partial charge in [-0.2, -0.15) is 60.5 Å². The van der Waals surface area contributed by atoms with Crippen molar-refractivity contribution in [3.05, 3.63) is 0 Å². The highest BCUT2D eigenvalue weighted by atomic mass is 32.2. The van der Waals surface area contributed by atoms with Crippen molar-refractivity contribution in [2.75, 3.05) is 46.9 Å². The van der Waals surface area contributed by atoms with Crippen molar-refractivity contribution in [3.8, 4) is 0 Å².